The fourth-order valence-electron chi connectivity index (χ4n) is 4.99. The van der Waals surface area contributed by atoms with Crippen LogP contribution in [0.25, 0.3) is 10.9 Å². The van der Waals surface area contributed by atoms with E-state index in [1.54, 1.807) is 24.3 Å². The van der Waals surface area contributed by atoms with E-state index in [0.29, 0.717) is 51.0 Å². The number of nitrogens with zero attached hydrogens (tertiary/aromatic N) is 5. The molecule has 1 aliphatic rings. The molecular formula is C31H26ClF2N7. The van der Waals surface area contributed by atoms with Crippen LogP contribution in [0.5, 0.6) is 0 Å². The first-order valence-electron chi connectivity index (χ1n) is 13.4. The van der Waals surface area contributed by atoms with Crippen molar-refractivity contribution in [2.45, 2.75) is 44.3 Å². The third-order valence-corrected chi connectivity index (χ3v) is 7.57. The highest BCUT2D eigenvalue weighted by atomic mass is 35.5. The van der Waals surface area contributed by atoms with E-state index in [4.69, 9.17) is 11.6 Å². The molecule has 10 heteroatoms. The van der Waals surface area contributed by atoms with E-state index in [9.17, 15) is 14.0 Å². The molecule has 2 heterocycles. The fourth-order valence-corrected chi connectivity index (χ4v) is 5.26. The van der Waals surface area contributed by atoms with E-state index in [1.807, 2.05) is 29.9 Å². The predicted molar refractivity (Wildman–Crippen MR) is 155 cm³/mol. The molecule has 0 bridgehead atoms. The molecule has 0 unspecified atom stereocenters. The Balaban J connectivity index is 1.42. The van der Waals surface area contributed by atoms with Gasteiger partial charge in [0.25, 0.3) is 0 Å². The molecule has 5 aromatic rings. The Bertz CT molecular complexity index is 1760. The number of aromatic nitrogens is 4. The van der Waals surface area contributed by atoms with Crippen LogP contribution in [-0.4, -0.2) is 20.0 Å². The summed E-state index contributed by atoms with van der Waals surface area (Å²) in [6, 6.07) is 18.1. The van der Waals surface area contributed by atoms with E-state index in [1.165, 1.54) is 30.5 Å². The Morgan fingerprint density at radius 3 is 2.56 bits per heavy atom. The largest absolute Gasteiger partial charge is 0.377 e. The smallest absolute Gasteiger partial charge is 0.123 e. The number of halogens is 3. The van der Waals surface area contributed by atoms with Crippen molar-refractivity contribution in [1.29, 1.82) is 5.26 Å². The van der Waals surface area contributed by atoms with Gasteiger partial charge >= 0.3 is 0 Å². The number of hydrogen-bond acceptors (Lipinski definition) is 6. The van der Waals surface area contributed by atoms with Gasteiger partial charge in [0.2, 0.25) is 0 Å². The summed E-state index contributed by atoms with van der Waals surface area (Å²) in [4.78, 5) is 4.46. The second-order valence-electron chi connectivity index (χ2n) is 10.2. The summed E-state index contributed by atoms with van der Waals surface area (Å²) >= 11 is 6.74. The third-order valence-electron chi connectivity index (χ3n) is 7.28. The van der Waals surface area contributed by atoms with Gasteiger partial charge in [-0.05, 0) is 66.8 Å². The molecule has 2 N–H and O–H groups in total. The zero-order valence-corrected chi connectivity index (χ0v) is 22.9. The first kappa shape index (κ1) is 26.7. The maximum absolute atomic E-state index is 14.0. The van der Waals surface area contributed by atoms with Gasteiger partial charge in [0.05, 0.1) is 46.1 Å². The molecule has 0 amide bonds. The highest BCUT2D eigenvalue weighted by Crippen LogP contribution is 2.38. The molecule has 1 fully saturated rings. The Morgan fingerprint density at radius 1 is 1.05 bits per heavy atom. The van der Waals surface area contributed by atoms with Crippen LogP contribution in [0.15, 0.2) is 73.1 Å². The van der Waals surface area contributed by atoms with Crippen molar-refractivity contribution in [3.8, 4) is 6.07 Å². The summed E-state index contributed by atoms with van der Waals surface area (Å²) in [5.74, 6) is -0.666. The molecule has 0 radical (unpaired) electrons. The number of anilines is 2. The number of rotatable bonds is 9. The van der Waals surface area contributed by atoms with E-state index >= 15 is 0 Å². The number of hydrogen-bond donors (Lipinski definition) is 2. The SMILES string of the molecule is CC[C@@H](Nc1c(C#N)cnc2c(Cl)cc(N[C@@H](c3ccc(F)cc3)c3cn(C4CC4)nn3)cc12)c1cccc(F)c1. The summed E-state index contributed by atoms with van der Waals surface area (Å²) in [6.45, 7) is 1.99. The van der Waals surface area contributed by atoms with Crippen molar-refractivity contribution < 1.29 is 8.78 Å². The van der Waals surface area contributed by atoms with E-state index in [2.05, 4.69) is 32.0 Å². The number of pyridine rings is 1. The van der Waals surface area contributed by atoms with Crippen molar-refractivity contribution >= 4 is 33.9 Å². The van der Waals surface area contributed by atoms with Gasteiger partial charge in [0.15, 0.2) is 0 Å². The van der Waals surface area contributed by atoms with Gasteiger partial charge in [-0.2, -0.15) is 5.26 Å². The second kappa shape index (κ2) is 11.1. The minimum absolute atomic E-state index is 0.261. The number of fused-ring (bicyclic) bond motifs is 1. The molecule has 3 aromatic carbocycles. The van der Waals surface area contributed by atoms with Crippen LogP contribution in [0.2, 0.25) is 5.02 Å². The lowest BCUT2D eigenvalue weighted by atomic mass is 10.0. The zero-order valence-electron chi connectivity index (χ0n) is 22.2. The topological polar surface area (TPSA) is 91.5 Å². The minimum atomic E-state index is -0.448. The van der Waals surface area contributed by atoms with Crippen LogP contribution in [0.1, 0.15) is 66.7 Å². The molecule has 206 valence electrons. The molecule has 0 spiro atoms. The maximum atomic E-state index is 14.0. The van der Waals surface area contributed by atoms with Crippen molar-refractivity contribution in [1.82, 2.24) is 20.0 Å². The molecule has 6 rings (SSSR count). The van der Waals surface area contributed by atoms with E-state index in [-0.39, 0.29) is 17.7 Å². The molecule has 41 heavy (non-hydrogen) atoms. The summed E-state index contributed by atoms with van der Waals surface area (Å²) in [5, 5.41) is 26.6. The first-order valence-corrected chi connectivity index (χ1v) is 13.8. The molecule has 0 aliphatic heterocycles. The molecule has 1 saturated carbocycles. The van der Waals surface area contributed by atoms with Gasteiger partial charge in [-0.1, -0.05) is 48.0 Å². The Labute approximate surface area is 240 Å². The van der Waals surface area contributed by atoms with Crippen LogP contribution in [0.4, 0.5) is 20.2 Å². The quantitative estimate of drug-likeness (QED) is 0.189. The zero-order chi connectivity index (χ0) is 28.5. The summed E-state index contributed by atoms with van der Waals surface area (Å²) < 4.78 is 29.7. The number of benzene rings is 3. The average Bonchev–Trinajstić information content (AvgIpc) is 3.71. The van der Waals surface area contributed by atoms with E-state index in [0.717, 1.165) is 24.0 Å². The van der Waals surface area contributed by atoms with Crippen molar-refractivity contribution in [3.05, 3.63) is 112 Å². The minimum Gasteiger partial charge on any atom is -0.377 e. The van der Waals surface area contributed by atoms with Crippen LogP contribution in [0.3, 0.4) is 0 Å². The Kier molecular flexibility index (Phi) is 7.25. The van der Waals surface area contributed by atoms with Gasteiger partial charge in [-0.25, -0.2) is 13.5 Å². The summed E-state index contributed by atoms with van der Waals surface area (Å²) in [6.07, 6.45) is 6.17. The molecule has 7 nitrogen and oxygen atoms in total. The Morgan fingerprint density at radius 2 is 1.85 bits per heavy atom. The van der Waals surface area contributed by atoms with Gasteiger partial charge in [0.1, 0.15) is 23.4 Å². The van der Waals surface area contributed by atoms with Gasteiger partial charge in [-0.15, -0.1) is 5.10 Å². The number of nitriles is 1. The van der Waals surface area contributed by atoms with Crippen molar-refractivity contribution in [3.63, 3.8) is 0 Å². The molecule has 1 aliphatic carbocycles. The predicted octanol–water partition coefficient (Wildman–Crippen LogP) is 7.73. The molecule has 0 saturated heterocycles. The molecule has 2 aromatic heterocycles. The van der Waals surface area contributed by atoms with Crippen molar-refractivity contribution in [2.75, 3.05) is 10.6 Å². The monoisotopic (exact) mass is 569 g/mol. The van der Waals surface area contributed by atoms with Gasteiger partial charge in [0, 0.05) is 17.3 Å². The fraction of sp³-hybridized carbons (Fsp3) is 0.226. The van der Waals surface area contributed by atoms with Crippen LogP contribution < -0.4 is 10.6 Å². The highest BCUT2D eigenvalue weighted by Gasteiger charge is 2.27. The number of nitrogens with one attached hydrogen (secondary N) is 2. The normalized spacial score (nSPS) is 14.4. The van der Waals surface area contributed by atoms with Gasteiger partial charge in [-0.3, -0.25) is 4.98 Å². The summed E-state index contributed by atoms with van der Waals surface area (Å²) in [7, 11) is 0. The lowest BCUT2D eigenvalue weighted by molar-refractivity contribution is 0.610. The van der Waals surface area contributed by atoms with Crippen LogP contribution in [0, 0.1) is 23.0 Å². The van der Waals surface area contributed by atoms with Crippen LogP contribution >= 0.6 is 11.6 Å². The standard InChI is InChI=1S/C31H26ClF2N7/c1-2-27(19-4-3-5-22(34)12-19)38-29-20(15-35)16-36-31-25(29)13-23(14-26(31)32)37-30(18-6-8-21(33)9-7-18)28-17-41(40-39-28)24-10-11-24/h3-9,12-14,16-17,24,27,30,37H,2,10-11H2,1H3,(H,36,38)/t27-,30+/m1/s1. The summed E-state index contributed by atoms with van der Waals surface area (Å²) in [5.41, 5.74) is 4.29. The Hall–Kier alpha value is -4.55. The van der Waals surface area contributed by atoms with Gasteiger partial charge < -0.3 is 10.6 Å². The third kappa shape index (κ3) is 5.56. The molecule has 2 atom stereocenters. The van der Waals surface area contributed by atoms with Crippen LogP contribution in [-0.2, 0) is 0 Å². The first-order chi connectivity index (χ1) is 19.9. The maximum Gasteiger partial charge on any atom is 0.123 e. The lowest BCUT2D eigenvalue weighted by Crippen LogP contribution is -2.14. The van der Waals surface area contributed by atoms with Crippen molar-refractivity contribution in [2.24, 2.45) is 0 Å². The second-order valence-corrected chi connectivity index (χ2v) is 10.6. The highest BCUT2D eigenvalue weighted by molar-refractivity contribution is 6.35. The molecular weight excluding hydrogens is 544 g/mol. The van der Waals surface area contributed by atoms with E-state index < -0.39 is 6.04 Å². The average molecular weight is 570 g/mol. The lowest BCUT2D eigenvalue weighted by Gasteiger charge is -2.22.